The van der Waals surface area contributed by atoms with E-state index in [0.717, 1.165) is 16.5 Å². The second-order valence-corrected chi connectivity index (χ2v) is 2.89. The Morgan fingerprint density at radius 1 is 1.29 bits per heavy atom. The van der Waals surface area contributed by atoms with Gasteiger partial charge in [0.15, 0.2) is 0 Å². The molecule has 0 radical (unpaired) electrons. The van der Waals surface area contributed by atoms with Crippen molar-refractivity contribution < 1.29 is 22.6 Å². The summed E-state index contributed by atoms with van der Waals surface area (Å²) in [5.74, 6) is 0. The summed E-state index contributed by atoms with van der Waals surface area (Å²) in [5, 5.41) is 18.0. The Balaban J connectivity index is 0.000000980. The number of H-pyrrole nitrogens is 1. The van der Waals surface area contributed by atoms with Gasteiger partial charge in [-0.1, -0.05) is 18.2 Å². The predicted octanol–water partition coefficient (Wildman–Crippen LogP) is -2.41. The van der Waals surface area contributed by atoms with Crippen LogP contribution in [-0.2, 0) is 6.42 Å². The number of aromatic nitrogens is 2. The number of nitrogens with one attached hydrogen (secondary N) is 1. The van der Waals surface area contributed by atoms with E-state index < -0.39 is 0 Å². The summed E-state index contributed by atoms with van der Waals surface area (Å²) in [4.78, 5) is 0. The van der Waals surface area contributed by atoms with E-state index in [1.54, 1.807) is 0 Å². The largest absolute Gasteiger partial charge is 1.00 e. The molecule has 0 saturated carbocycles. The van der Waals surface area contributed by atoms with Gasteiger partial charge >= 0.3 is 0 Å². The molecule has 0 fully saturated rings. The van der Waals surface area contributed by atoms with Gasteiger partial charge in [0.25, 0.3) is 0 Å². The zero-order chi connectivity index (χ0) is 9.10. The Morgan fingerprint density at radius 2 is 2.07 bits per heavy atom. The highest BCUT2D eigenvalue weighted by atomic mass is 35.5. The van der Waals surface area contributed by atoms with Crippen LogP contribution in [0.15, 0.2) is 30.5 Å². The molecule has 1 heterocycles. The van der Waals surface area contributed by atoms with Gasteiger partial charge in [0.2, 0.25) is 6.20 Å². The van der Waals surface area contributed by atoms with Crippen molar-refractivity contribution in [1.82, 2.24) is 5.10 Å². The van der Waals surface area contributed by atoms with Crippen LogP contribution in [0.1, 0.15) is 5.69 Å². The van der Waals surface area contributed by atoms with Gasteiger partial charge in [0.1, 0.15) is 5.69 Å². The van der Waals surface area contributed by atoms with Crippen LogP contribution in [0.2, 0.25) is 0 Å². The van der Waals surface area contributed by atoms with E-state index in [0.29, 0.717) is 6.42 Å². The van der Waals surface area contributed by atoms with Crippen molar-refractivity contribution in [1.29, 1.82) is 0 Å². The first-order valence-electron chi connectivity index (χ1n) is 4.27. The number of aliphatic hydroxyl groups is 1. The molecule has 74 valence electrons. The Morgan fingerprint density at radius 3 is 2.86 bits per heavy atom. The highest BCUT2D eigenvalue weighted by Gasteiger charge is 2.04. The summed E-state index contributed by atoms with van der Waals surface area (Å²) in [5.41, 5.74) is 0.917. The van der Waals surface area contributed by atoms with E-state index >= 15 is 0 Å². The number of hydrogen-bond acceptors (Lipinski definition) is 2. The van der Waals surface area contributed by atoms with Crippen molar-refractivity contribution in [2.45, 2.75) is 6.42 Å². The first-order chi connectivity index (χ1) is 6.42. The molecule has 0 amide bonds. The van der Waals surface area contributed by atoms with Gasteiger partial charge in [-0.3, -0.25) is 0 Å². The summed E-state index contributed by atoms with van der Waals surface area (Å²) in [6, 6.07) is 8.00. The van der Waals surface area contributed by atoms with Gasteiger partial charge < -0.3 is 17.5 Å². The van der Waals surface area contributed by atoms with Crippen molar-refractivity contribution in [3.05, 3.63) is 36.2 Å². The van der Waals surface area contributed by atoms with Crippen LogP contribution in [0.5, 0.6) is 0 Å². The maximum absolute atomic E-state index is 8.83. The van der Waals surface area contributed by atoms with Crippen molar-refractivity contribution in [2.24, 2.45) is 0 Å². The molecule has 2 rings (SSSR count). The third kappa shape index (κ3) is 2.00. The van der Waals surface area contributed by atoms with E-state index in [-0.39, 0.29) is 19.0 Å². The zero-order valence-corrected chi connectivity index (χ0v) is 8.33. The van der Waals surface area contributed by atoms with Gasteiger partial charge in [-0.05, 0) is 11.2 Å². The number of hydrogen-bond donors (Lipinski definition) is 1. The number of fused-ring (bicyclic) bond motifs is 1. The average Bonchev–Trinajstić information content (AvgIpc) is 2.19. The minimum atomic E-state index is 0. The van der Waals surface area contributed by atoms with Crippen molar-refractivity contribution >= 4 is 10.8 Å². The molecule has 0 aliphatic heterocycles. The van der Waals surface area contributed by atoms with Crippen molar-refractivity contribution in [2.75, 3.05) is 6.61 Å². The number of benzene rings is 1. The molecule has 2 aromatic rings. The minimum absolute atomic E-state index is 0. The minimum Gasteiger partial charge on any atom is -1.00 e. The summed E-state index contributed by atoms with van der Waals surface area (Å²) in [7, 11) is 0. The lowest BCUT2D eigenvalue weighted by Crippen LogP contribution is -3.00. The quantitative estimate of drug-likeness (QED) is 0.600. The third-order valence-corrected chi connectivity index (χ3v) is 2.04. The Bertz CT molecular complexity index is 414. The van der Waals surface area contributed by atoms with Crippen LogP contribution in [0.4, 0.5) is 0 Å². The van der Waals surface area contributed by atoms with Crippen molar-refractivity contribution in [3.63, 3.8) is 0 Å². The van der Waals surface area contributed by atoms with E-state index in [9.17, 15) is 0 Å². The van der Waals surface area contributed by atoms with Crippen LogP contribution < -0.4 is 17.5 Å². The number of halogens is 1. The summed E-state index contributed by atoms with van der Waals surface area (Å²) in [6.07, 6.45) is 2.45. The molecule has 14 heavy (non-hydrogen) atoms. The molecule has 2 N–H and O–H groups in total. The van der Waals surface area contributed by atoms with E-state index in [4.69, 9.17) is 5.11 Å². The number of rotatable bonds is 2. The maximum atomic E-state index is 8.83. The predicted molar refractivity (Wildman–Crippen MR) is 49.1 cm³/mol. The monoisotopic (exact) mass is 210 g/mol. The molecule has 0 atom stereocenters. The smallest absolute Gasteiger partial charge is 0.201 e. The molecule has 0 unspecified atom stereocenters. The fraction of sp³-hybridized carbons (Fsp3) is 0.200. The second-order valence-electron chi connectivity index (χ2n) is 2.89. The van der Waals surface area contributed by atoms with Gasteiger partial charge in [-0.25, -0.2) is 0 Å². The van der Waals surface area contributed by atoms with Gasteiger partial charge in [0, 0.05) is 23.8 Å². The van der Waals surface area contributed by atoms with Gasteiger partial charge in [-0.2, -0.15) is 0 Å². The molecule has 1 aromatic heterocycles. The maximum Gasteiger partial charge on any atom is 0.201 e. The lowest BCUT2D eigenvalue weighted by Gasteiger charge is -1.97. The average molecular weight is 211 g/mol. The van der Waals surface area contributed by atoms with Gasteiger partial charge in [-0.15, -0.1) is 5.10 Å². The molecular weight excluding hydrogens is 200 g/mol. The summed E-state index contributed by atoms with van der Waals surface area (Å²) >= 11 is 0. The third-order valence-electron chi connectivity index (χ3n) is 2.04. The number of nitrogens with zero attached hydrogens (tertiary/aromatic N) is 1. The lowest BCUT2D eigenvalue weighted by molar-refractivity contribution is -0.454. The van der Waals surface area contributed by atoms with Crippen LogP contribution in [0.3, 0.4) is 0 Å². The summed E-state index contributed by atoms with van der Waals surface area (Å²) in [6.45, 7) is 0.134. The molecule has 0 saturated heterocycles. The molecule has 4 heteroatoms. The second kappa shape index (κ2) is 4.88. The molecule has 0 aliphatic rings. The Labute approximate surface area is 88.2 Å². The first kappa shape index (κ1) is 10.9. The van der Waals surface area contributed by atoms with Crippen LogP contribution >= 0.6 is 0 Å². The Hall–Kier alpha value is -1.19. The van der Waals surface area contributed by atoms with Crippen molar-refractivity contribution in [3.8, 4) is 0 Å². The highest BCUT2D eigenvalue weighted by Crippen LogP contribution is 2.13. The van der Waals surface area contributed by atoms with Crippen LogP contribution in [-0.4, -0.2) is 16.8 Å². The molecule has 0 spiro atoms. The Kier molecular flexibility index (Phi) is 3.80. The van der Waals surface area contributed by atoms with Crippen LogP contribution in [0.25, 0.3) is 10.8 Å². The molecular formula is C10H11ClN2O. The van der Waals surface area contributed by atoms with Gasteiger partial charge in [0.05, 0.1) is 0 Å². The number of aliphatic hydroxyl groups excluding tert-OH is 1. The van der Waals surface area contributed by atoms with E-state index in [1.807, 2.05) is 30.5 Å². The molecule has 0 bridgehead atoms. The topological polar surface area (TPSA) is 47.3 Å². The number of aromatic amines is 1. The molecule has 0 aliphatic carbocycles. The zero-order valence-electron chi connectivity index (χ0n) is 7.57. The van der Waals surface area contributed by atoms with E-state index in [1.165, 1.54) is 0 Å². The molecule has 3 nitrogen and oxygen atoms in total. The lowest BCUT2D eigenvalue weighted by atomic mass is 10.1. The first-order valence-corrected chi connectivity index (χ1v) is 4.27. The SMILES string of the molecule is OCCc1n[nH+]cc2ccccc12.[Cl-]. The van der Waals surface area contributed by atoms with E-state index in [2.05, 4.69) is 10.2 Å². The normalized spacial score (nSPS) is 9.79. The standard InChI is InChI=1S/C10H10N2O.ClH/c13-6-5-10-9-4-2-1-3-8(9)7-11-12-10;/h1-4,7,13H,5-6H2;1H. The van der Waals surface area contributed by atoms with Crippen LogP contribution in [0, 0.1) is 0 Å². The summed E-state index contributed by atoms with van der Waals surface area (Å²) < 4.78 is 0. The fourth-order valence-corrected chi connectivity index (χ4v) is 1.42. The highest BCUT2D eigenvalue weighted by molar-refractivity contribution is 5.82. The fourth-order valence-electron chi connectivity index (χ4n) is 1.42. The molecule has 1 aromatic carbocycles.